The van der Waals surface area contributed by atoms with Gasteiger partial charge in [-0.05, 0) is 50.4 Å². The topological polar surface area (TPSA) is 58.9 Å². The Bertz CT molecular complexity index is 731. The van der Waals surface area contributed by atoms with Gasteiger partial charge in [0.1, 0.15) is 5.60 Å². The highest BCUT2D eigenvalue weighted by Crippen LogP contribution is 2.69. The minimum atomic E-state index is -1.04. The van der Waals surface area contributed by atoms with Crippen molar-refractivity contribution >= 4 is 0 Å². The molecule has 4 nitrogen and oxygen atoms in total. The summed E-state index contributed by atoms with van der Waals surface area (Å²) < 4.78 is 11.9. The molecular weight excluding hydrogens is 340 g/mol. The van der Waals surface area contributed by atoms with Crippen molar-refractivity contribution in [3.8, 4) is 12.3 Å². The van der Waals surface area contributed by atoms with E-state index in [0.29, 0.717) is 26.1 Å². The maximum absolute atomic E-state index is 12.1. The van der Waals surface area contributed by atoms with Gasteiger partial charge in [0.25, 0.3) is 0 Å². The molecule has 0 unspecified atom stereocenters. The van der Waals surface area contributed by atoms with Gasteiger partial charge in [0.05, 0.1) is 18.8 Å². The Balaban J connectivity index is 1.52. The normalized spacial score (nSPS) is 53.2. The van der Waals surface area contributed by atoms with Crippen LogP contribution in [0.2, 0.25) is 0 Å². The van der Waals surface area contributed by atoms with Crippen molar-refractivity contribution in [1.82, 2.24) is 0 Å². The molecule has 0 radical (unpaired) electrons. The van der Waals surface area contributed by atoms with Crippen molar-refractivity contribution in [3.05, 3.63) is 11.6 Å². The summed E-state index contributed by atoms with van der Waals surface area (Å²) in [7, 11) is 0. The van der Waals surface area contributed by atoms with Crippen molar-refractivity contribution in [2.24, 2.45) is 22.7 Å². The first kappa shape index (κ1) is 18.2. The van der Waals surface area contributed by atoms with Crippen molar-refractivity contribution in [2.45, 2.75) is 82.2 Å². The van der Waals surface area contributed by atoms with Crippen LogP contribution in [0.15, 0.2) is 11.6 Å². The zero-order valence-corrected chi connectivity index (χ0v) is 16.6. The monoisotopic (exact) mass is 372 g/mol. The summed E-state index contributed by atoms with van der Waals surface area (Å²) in [5.74, 6) is 2.67. The van der Waals surface area contributed by atoms with Crippen molar-refractivity contribution in [2.75, 3.05) is 13.2 Å². The summed E-state index contributed by atoms with van der Waals surface area (Å²) in [5.41, 5.74) is -1.00. The number of rotatable bonds is 0. The average molecular weight is 373 g/mol. The molecule has 5 rings (SSSR count). The Kier molecular flexibility index (Phi) is 3.63. The summed E-state index contributed by atoms with van der Waals surface area (Å²) in [6.07, 6.45) is 14.5. The number of aliphatic hydroxyl groups is 2. The molecule has 6 atom stereocenters. The van der Waals surface area contributed by atoms with Crippen LogP contribution in [0.25, 0.3) is 0 Å². The number of ether oxygens (including phenoxy) is 2. The molecule has 27 heavy (non-hydrogen) atoms. The highest BCUT2D eigenvalue weighted by molar-refractivity contribution is 5.33. The van der Waals surface area contributed by atoms with Crippen LogP contribution >= 0.6 is 0 Å². The first-order chi connectivity index (χ1) is 12.7. The molecule has 0 amide bonds. The molecule has 0 bridgehead atoms. The van der Waals surface area contributed by atoms with Crippen LogP contribution in [0.1, 0.15) is 65.2 Å². The third-order valence-electron chi connectivity index (χ3n) is 9.51. The lowest BCUT2D eigenvalue weighted by atomic mass is 9.44. The Labute approximate surface area is 162 Å². The molecule has 1 saturated heterocycles. The number of hydrogen-bond acceptors (Lipinski definition) is 4. The fourth-order valence-electron chi connectivity index (χ4n) is 7.54. The van der Waals surface area contributed by atoms with Crippen molar-refractivity contribution in [3.63, 3.8) is 0 Å². The van der Waals surface area contributed by atoms with Gasteiger partial charge >= 0.3 is 0 Å². The highest BCUT2D eigenvalue weighted by atomic mass is 16.7. The number of terminal acetylenes is 1. The molecular formula is C23H32O4. The van der Waals surface area contributed by atoms with Gasteiger partial charge in [0.15, 0.2) is 5.79 Å². The molecule has 1 heterocycles. The van der Waals surface area contributed by atoms with Gasteiger partial charge in [-0.1, -0.05) is 31.4 Å². The number of allylic oxidation sites excluding steroid dienone is 1. The van der Waals surface area contributed by atoms with E-state index in [2.05, 4.69) is 25.8 Å². The smallest absolute Gasteiger partial charge is 0.172 e. The Morgan fingerprint density at radius 1 is 1.04 bits per heavy atom. The lowest BCUT2D eigenvalue weighted by molar-refractivity contribution is -0.226. The summed E-state index contributed by atoms with van der Waals surface area (Å²) in [6, 6.07) is 0. The van der Waals surface area contributed by atoms with Crippen LogP contribution in [0.3, 0.4) is 0 Å². The van der Waals surface area contributed by atoms with Crippen LogP contribution in [0, 0.1) is 35.0 Å². The molecule has 1 aliphatic heterocycles. The third kappa shape index (κ3) is 2.04. The second-order valence-electron chi connectivity index (χ2n) is 10.2. The molecule has 3 saturated carbocycles. The summed E-state index contributed by atoms with van der Waals surface area (Å²) >= 11 is 0. The molecule has 1 spiro atoms. The van der Waals surface area contributed by atoms with Crippen LogP contribution in [0.5, 0.6) is 0 Å². The fraction of sp³-hybridized carbons (Fsp3) is 0.826. The zero-order chi connectivity index (χ0) is 19.1. The Hall–Kier alpha value is -0.860. The molecule has 0 aromatic carbocycles. The van der Waals surface area contributed by atoms with Gasteiger partial charge in [-0.3, -0.25) is 0 Å². The second-order valence-corrected chi connectivity index (χ2v) is 10.2. The van der Waals surface area contributed by atoms with E-state index in [-0.39, 0.29) is 22.7 Å². The van der Waals surface area contributed by atoms with Crippen LogP contribution in [0.4, 0.5) is 0 Å². The first-order valence-electron chi connectivity index (χ1n) is 10.6. The maximum atomic E-state index is 12.1. The van der Waals surface area contributed by atoms with Gasteiger partial charge in [-0.2, -0.15) is 0 Å². The fourth-order valence-corrected chi connectivity index (χ4v) is 7.54. The van der Waals surface area contributed by atoms with E-state index in [0.717, 1.165) is 38.5 Å². The minimum absolute atomic E-state index is 0.159. The predicted molar refractivity (Wildman–Crippen MR) is 102 cm³/mol. The van der Waals surface area contributed by atoms with E-state index in [1.807, 2.05) is 0 Å². The highest BCUT2D eigenvalue weighted by Gasteiger charge is 2.69. The third-order valence-corrected chi connectivity index (χ3v) is 9.51. The maximum Gasteiger partial charge on any atom is 0.172 e. The van der Waals surface area contributed by atoms with Gasteiger partial charge < -0.3 is 19.7 Å². The van der Waals surface area contributed by atoms with Crippen molar-refractivity contribution < 1.29 is 19.7 Å². The van der Waals surface area contributed by atoms with E-state index < -0.39 is 17.0 Å². The van der Waals surface area contributed by atoms with Crippen LogP contribution < -0.4 is 0 Å². The molecule has 5 aliphatic rings. The Morgan fingerprint density at radius 2 is 1.78 bits per heavy atom. The lowest BCUT2D eigenvalue weighted by Crippen LogP contribution is -2.65. The largest absolute Gasteiger partial charge is 0.389 e. The van der Waals surface area contributed by atoms with Gasteiger partial charge in [-0.15, -0.1) is 6.42 Å². The first-order valence-corrected chi connectivity index (χ1v) is 10.6. The van der Waals surface area contributed by atoms with Gasteiger partial charge in [0, 0.05) is 23.7 Å². The second kappa shape index (κ2) is 5.39. The molecule has 148 valence electrons. The minimum Gasteiger partial charge on any atom is -0.389 e. The van der Waals surface area contributed by atoms with Gasteiger partial charge in [0.2, 0.25) is 0 Å². The van der Waals surface area contributed by atoms with E-state index in [9.17, 15) is 10.2 Å². The summed E-state index contributed by atoms with van der Waals surface area (Å²) in [4.78, 5) is 0. The van der Waals surface area contributed by atoms with E-state index in [1.165, 1.54) is 5.57 Å². The predicted octanol–water partition coefficient (Wildman–Crippen LogP) is 3.17. The molecule has 4 fully saturated rings. The summed E-state index contributed by atoms with van der Waals surface area (Å²) in [5, 5.41) is 23.2. The van der Waals surface area contributed by atoms with E-state index in [4.69, 9.17) is 15.9 Å². The Morgan fingerprint density at radius 3 is 2.48 bits per heavy atom. The molecule has 4 heteroatoms. The van der Waals surface area contributed by atoms with E-state index in [1.54, 1.807) is 0 Å². The lowest BCUT2D eigenvalue weighted by Gasteiger charge is -2.63. The standard InChI is InChI=1S/C23H32O4/c1-4-21(24)8-7-17-18-6-5-16-15-22(26-13-14-27-22)11-9-19(16,2)23(18,25)12-10-20(17,21)3/h1,5,17-18,24-25H,6-15H2,2-3H3/t17-,18-,19-,20-,21-,23+/m0/s1. The number of hydrogen-bond donors (Lipinski definition) is 2. The molecule has 2 N–H and O–H groups in total. The molecule has 0 aromatic rings. The molecule has 0 aromatic heterocycles. The van der Waals surface area contributed by atoms with Crippen LogP contribution in [-0.4, -0.2) is 40.4 Å². The zero-order valence-electron chi connectivity index (χ0n) is 16.6. The van der Waals surface area contributed by atoms with Crippen LogP contribution in [-0.2, 0) is 9.47 Å². The average Bonchev–Trinajstić information content (AvgIpc) is 3.21. The van der Waals surface area contributed by atoms with Gasteiger partial charge in [-0.25, -0.2) is 0 Å². The molecule has 4 aliphatic carbocycles. The van der Waals surface area contributed by atoms with E-state index >= 15 is 0 Å². The number of fused-ring (bicyclic) bond motifs is 5. The summed E-state index contributed by atoms with van der Waals surface area (Å²) in [6.45, 7) is 5.74. The quantitative estimate of drug-likeness (QED) is 0.507. The SMILES string of the molecule is C#C[C@]1(O)CC[C@H]2[C@@H]3CC=C4CC5(CC[C@]4(C)[C@@]3(O)CC[C@@]21C)OCCO5. The van der Waals surface area contributed by atoms with Crippen molar-refractivity contribution in [1.29, 1.82) is 0 Å².